The van der Waals surface area contributed by atoms with Crippen LogP contribution in [0.1, 0.15) is 0 Å². The molecule has 0 aliphatic heterocycles. The summed E-state index contributed by atoms with van der Waals surface area (Å²) in [4.78, 5) is 0. The second-order valence-electron chi connectivity index (χ2n) is 3.88. The fourth-order valence-corrected chi connectivity index (χ4v) is 2.05. The van der Waals surface area contributed by atoms with E-state index in [-0.39, 0.29) is 0 Å². The van der Waals surface area contributed by atoms with Crippen LogP contribution in [0.2, 0.25) is 0 Å². The maximum absolute atomic E-state index is 5.62. The van der Waals surface area contributed by atoms with Gasteiger partial charge in [-0.25, -0.2) is 0 Å². The lowest BCUT2D eigenvalue weighted by atomic mass is 10.1. The van der Waals surface area contributed by atoms with Crippen molar-refractivity contribution >= 4 is 16.7 Å². The molecular formula is C12H12N4. The zero-order chi connectivity index (χ0) is 11.1. The molecule has 2 aromatic heterocycles. The van der Waals surface area contributed by atoms with E-state index in [1.807, 2.05) is 25.4 Å². The molecule has 0 unspecified atom stereocenters. The Kier molecular flexibility index (Phi) is 1.77. The molecule has 0 amide bonds. The van der Waals surface area contributed by atoms with Crippen LogP contribution in [-0.4, -0.2) is 14.8 Å². The number of rotatable bonds is 1. The molecule has 0 saturated heterocycles. The molecular weight excluding hydrogens is 200 g/mol. The van der Waals surface area contributed by atoms with E-state index in [0.29, 0.717) is 5.82 Å². The third-order valence-electron chi connectivity index (χ3n) is 2.79. The quantitative estimate of drug-likeness (QED) is 0.649. The molecule has 0 atom stereocenters. The van der Waals surface area contributed by atoms with E-state index < -0.39 is 0 Å². The minimum Gasteiger partial charge on any atom is -0.382 e. The lowest BCUT2D eigenvalue weighted by Crippen LogP contribution is -1.88. The van der Waals surface area contributed by atoms with Crippen LogP contribution in [0.25, 0.3) is 22.2 Å². The lowest BCUT2D eigenvalue weighted by molar-refractivity contribution is 0.969. The van der Waals surface area contributed by atoms with Crippen molar-refractivity contribution in [3.63, 3.8) is 0 Å². The number of aromatic amines is 1. The van der Waals surface area contributed by atoms with Crippen LogP contribution in [0.5, 0.6) is 0 Å². The molecule has 3 N–H and O–H groups in total. The predicted octanol–water partition coefficient (Wildman–Crippen LogP) is 2.15. The van der Waals surface area contributed by atoms with Crippen LogP contribution in [-0.2, 0) is 7.05 Å². The Bertz CT molecular complexity index is 648. The summed E-state index contributed by atoms with van der Waals surface area (Å²) >= 11 is 0. The topological polar surface area (TPSA) is 59.6 Å². The zero-order valence-electron chi connectivity index (χ0n) is 8.94. The predicted molar refractivity (Wildman–Crippen MR) is 64.9 cm³/mol. The minimum absolute atomic E-state index is 0.515. The number of nitrogens with two attached hydrogens (primary N) is 1. The van der Waals surface area contributed by atoms with Crippen molar-refractivity contribution in [2.45, 2.75) is 0 Å². The molecule has 2 heterocycles. The molecule has 1 aromatic carbocycles. The molecule has 0 fully saturated rings. The SMILES string of the molecule is Cn1ccc2cccc(-c3cc(N)n[nH]3)c21. The maximum atomic E-state index is 5.62. The maximum Gasteiger partial charge on any atom is 0.145 e. The fourth-order valence-electron chi connectivity index (χ4n) is 2.05. The van der Waals surface area contributed by atoms with E-state index >= 15 is 0 Å². The molecule has 0 saturated carbocycles. The van der Waals surface area contributed by atoms with Crippen molar-refractivity contribution in [2.75, 3.05) is 5.73 Å². The van der Waals surface area contributed by atoms with Crippen molar-refractivity contribution < 1.29 is 0 Å². The van der Waals surface area contributed by atoms with Crippen molar-refractivity contribution in [3.05, 3.63) is 36.5 Å². The van der Waals surface area contributed by atoms with Gasteiger partial charge < -0.3 is 10.3 Å². The van der Waals surface area contributed by atoms with Gasteiger partial charge in [-0.2, -0.15) is 5.10 Å². The molecule has 3 rings (SSSR count). The number of aryl methyl sites for hydroxylation is 1. The average molecular weight is 212 g/mol. The number of fused-ring (bicyclic) bond motifs is 1. The number of para-hydroxylation sites is 1. The Morgan fingerprint density at radius 2 is 2.19 bits per heavy atom. The van der Waals surface area contributed by atoms with Gasteiger partial charge in [0, 0.05) is 30.3 Å². The third kappa shape index (κ3) is 1.20. The Labute approximate surface area is 92.7 Å². The fraction of sp³-hybridized carbons (Fsp3) is 0.0833. The van der Waals surface area contributed by atoms with E-state index in [1.54, 1.807) is 0 Å². The summed E-state index contributed by atoms with van der Waals surface area (Å²) in [6, 6.07) is 10.1. The monoisotopic (exact) mass is 212 g/mol. The number of benzene rings is 1. The Hall–Kier alpha value is -2.23. The molecule has 3 aromatic rings. The van der Waals surface area contributed by atoms with E-state index in [4.69, 9.17) is 5.73 Å². The number of hydrogen-bond donors (Lipinski definition) is 2. The minimum atomic E-state index is 0.515. The number of nitrogens with one attached hydrogen (secondary N) is 1. The third-order valence-corrected chi connectivity index (χ3v) is 2.79. The van der Waals surface area contributed by atoms with Gasteiger partial charge in [0.05, 0.1) is 11.2 Å². The molecule has 0 spiro atoms. The Balaban J connectivity index is 2.34. The van der Waals surface area contributed by atoms with Crippen molar-refractivity contribution in [2.24, 2.45) is 7.05 Å². The van der Waals surface area contributed by atoms with Gasteiger partial charge in [0.1, 0.15) is 5.82 Å². The van der Waals surface area contributed by atoms with Crippen LogP contribution in [0.3, 0.4) is 0 Å². The molecule has 0 aliphatic carbocycles. The van der Waals surface area contributed by atoms with Crippen LogP contribution < -0.4 is 5.73 Å². The molecule has 16 heavy (non-hydrogen) atoms. The summed E-state index contributed by atoms with van der Waals surface area (Å²) in [5, 5.41) is 8.12. The van der Waals surface area contributed by atoms with Gasteiger partial charge in [-0.1, -0.05) is 18.2 Å². The van der Waals surface area contributed by atoms with E-state index in [9.17, 15) is 0 Å². The van der Waals surface area contributed by atoms with E-state index in [1.165, 1.54) is 10.9 Å². The van der Waals surface area contributed by atoms with Gasteiger partial charge in [-0.15, -0.1) is 0 Å². The van der Waals surface area contributed by atoms with Gasteiger partial charge in [-0.3, -0.25) is 5.10 Å². The molecule has 4 heteroatoms. The van der Waals surface area contributed by atoms with E-state index in [2.05, 4.69) is 33.0 Å². The summed E-state index contributed by atoms with van der Waals surface area (Å²) in [7, 11) is 2.03. The van der Waals surface area contributed by atoms with Crippen molar-refractivity contribution in [1.29, 1.82) is 0 Å². The molecule has 0 radical (unpaired) electrons. The highest BCUT2D eigenvalue weighted by molar-refractivity contribution is 5.94. The number of nitrogen functional groups attached to an aromatic ring is 1. The largest absolute Gasteiger partial charge is 0.382 e. The van der Waals surface area contributed by atoms with Gasteiger partial charge in [0.25, 0.3) is 0 Å². The summed E-state index contributed by atoms with van der Waals surface area (Å²) in [6.07, 6.45) is 2.05. The summed E-state index contributed by atoms with van der Waals surface area (Å²) in [5.41, 5.74) is 8.88. The van der Waals surface area contributed by atoms with Crippen LogP contribution in [0, 0.1) is 0 Å². The first kappa shape index (κ1) is 9.03. The highest BCUT2D eigenvalue weighted by Gasteiger charge is 2.08. The van der Waals surface area contributed by atoms with Crippen molar-refractivity contribution in [1.82, 2.24) is 14.8 Å². The number of hydrogen-bond acceptors (Lipinski definition) is 2. The second-order valence-corrected chi connectivity index (χ2v) is 3.88. The van der Waals surface area contributed by atoms with Gasteiger partial charge >= 0.3 is 0 Å². The second kappa shape index (κ2) is 3.13. The Morgan fingerprint density at radius 3 is 2.94 bits per heavy atom. The van der Waals surface area contributed by atoms with Crippen LogP contribution >= 0.6 is 0 Å². The van der Waals surface area contributed by atoms with E-state index in [0.717, 1.165) is 11.3 Å². The summed E-state index contributed by atoms with van der Waals surface area (Å²) < 4.78 is 2.10. The van der Waals surface area contributed by atoms with Crippen LogP contribution in [0.4, 0.5) is 5.82 Å². The highest BCUT2D eigenvalue weighted by Crippen LogP contribution is 2.28. The van der Waals surface area contributed by atoms with Gasteiger partial charge in [0.2, 0.25) is 0 Å². The molecule has 0 bridgehead atoms. The van der Waals surface area contributed by atoms with Gasteiger partial charge in [0.15, 0.2) is 0 Å². The van der Waals surface area contributed by atoms with Gasteiger partial charge in [-0.05, 0) is 6.07 Å². The number of anilines is 1. The zero-order valence-corrected chi connectivity index (χ0v) is 8.94. The number of aromatic nitrogens is 3. The normalized spacial score (nSPS) is 11.1. The lowest BCUT2D eigenvalue weighted by Gasteiger charge is -2.03. The summed E-state index contributed by atoms with van der Waals surface area (Å²) in [6.45, 7) is 0. The standard InChI is InChI=1S/C12H12N4/c1-16-6-5-8-3-2-4-9(12(8)16)10-7-11(13)15-14-10/h2-7H,1H3,(H3,13,14,15). The molecule has 0 aliphatic rings. The first-order valence-electron chi connectivity index (χ1n) is 5.11. The van der Waals surface area contributed by atoms with Crippen LogP contribution in [0.15, 0.2) is 36.5 Å². The van der Waals surface area contributed by atoms with Crippen molar-refractivity contribution in [3.8, 4) is 11.3 Å². The summed E-state index contributed by atoms with van der Waals surface area (Å²) in [5.74, 6) is 0.515. The Morgan fingerprint density at radius 1 is 1.31 bits per heavy atom. The highest BCUT2D eigenvalue weighted by atomic mass is 15.2. The average Bonchev–Trinajstić information content (AvgIpc) is 2.86. The molecule has 80 valence electrons. The smallest absolute Gasteiger partial charge is 0.145 e. The first-order valence-corrected chi connectivity index (χ1v) is 5.11. The number of nitrogens with zero attached hydrogens (tertiary/aromatic N) is 2. The first-order chi connectivity index (χ1) is 7.75. The number of H-pyrrole nitrogens is 1. The molecule has 4 nitrogen and oxygen atoms in total.